The van der Waals surface area contributed by atoms with Gasteiger partial charge in [-0.05, 0) is 100 Å². The smallest absolute Gasteiger partial charge is 0.337 e. The summed E-state index contributed by atoms with van der Waals surface area (Å²) < 4.78 is 25.8. The minimum absolute atomic E-state index is 0.208. The number of hydrogen-bond donors (Lipinski definition) is 2. The van der Waals surface area contributed by atoms with Gasteiger partial charge in [-0.3, -0.25) is 0 Å². The molecule has 1 aromatic heterocycles. The first-order valence-corrected chi connectivity index (χ1v) is 18.7. The molecule has 1 aliphatic heterocycles. The number of hydrogen-bond acceptors (Lipinski definition) is 6. The van der Waals surface area contributed by atoms with Crippen molar-refractivity contribution in [3.63, 3.8) is 0 Å². The van der Waals surface area contributed by atoms with Crippen LogP contribution in [0.2, 0.25) is 0 Å². The molecule has 8 heteroatoms. The summed E-state index contributed by atoms with van der Waals surface area (Å²) in [6.45, 7) is 15.1. The fourth-order valence-electron chi connectivity index (χ4n) is 7.40. The molecule has 2 aromatic carbocycles. The van der Waals surface area contributed by atoms with E-state index in [2.05, 4.69) is 24.1 Å². The lowest BCUT2D eigenvalue weighted by Gasteiger charge is -2.41. The van der Waals surface area contributed by atoms with Crippen molar-refractivity contribution in [1.29, 1.82) is 0 Å². The molecule has 2 fully saturated rings. The number of aromatic nitrogens is 1. The van der Waals surface area contributed by atoms with E-state index in [0.29, 0.717) is 24.3 Å². The Balaban J connectivity index is 1.52. The Kier molecular flexibility index (Phi) is 12.5. The molecule has 0 radical (unpaired) electrons. The predicted molar refractivity (Wildman–Crippen MR) is 201 cm³/mol. The number of piperidine rings is 1. The fourth-order valence-corrected chi connectivity index (χ4v) is 7.40. The van der Waals surface area contributed by atoms with Crippen LogP contribution < -0.4 is 15.0 Å². The second kappa shape index (κ2) is 16.6. The minimum atomic E-state index is -1.18. The topological polar surface area (TPSA) is 83.9 Å². The van der Waals surface area contributed by atoms with Crippen LogP contribution in [-0.2, 0) is 16.0 Å². The van der Waals surface area contributed by atoms with Crippen molar-refractivity contribution in [3.05, 3.63) is 71.2 Å². The summed E-state index contributed by atoms with van der Waals surface area (Å²) in [6, 6.07) is 14.5. The summed E-state index contributed by atoms with van der Waals surface area (Å²) in [6.07, 6.45) is 10.4. The number of carboxylic acid groups (broad SMARTS) is 1. The molecule has 2 heterocycles. The highest BCUT2D eigenvalue weighted by Gasteiger charge is 2.37. The molecule has 0 spiro atoms. The zero-order valence-corrected chi connectivity index (χ0v) is 31.1. The number of halogens is 1. The van der Waals surface area contributed by atoms with Gasteiger partial charge in [0.25, 0.3) is 0 Å². The number of aryl methyl sites for hydroxylation is 1. The summed E-state index contributed by atoms with van der Waals surface area (Å²) in [7, 11) is 0. The highest BCUT2D eigenvalue weighted by molar-refractivity contribution is 5.92. The SMILES string of the molecule is Cc1nc(NCCCC2CCCCC2)c(-c2ccc(OCCc3ccc(F)cc3)cc2)c(N2CCC(C)(C)CC2)c1[C@H](OC(C)(C)C)C(=O)O. The molecular weight excluding hydrogens is 629 g/mol. The zero-order chi connectivity index (χ0) is 35.9. The van der Waals surface area contributed by atoms with Gasteiger partial charge in [0.05, 0.1) is 17.9 Å². The number of anilines is 2. The number of rotatable bonds is 14. The van der Waals surface area contributed by atoms with Crippen molar-refractivity contribution in [2.45, 2.75) is 117 Å². The van der Waals surface area contributed by atoms with E-state index in [0.717, 1.165) is 78.8 Å². The Morgan fingerprint density at radius 2 is 1.70 bits per heavy atom. The van der Waals surface area contributed by atoms with Crippen molar-refractivity contribution in [2.24, 2.45) is 11.3 Å². The number of nitrogens with one attached hydrogen (secondary N) is 1. The van der Waals surface area contributed by atoms with Crippen molar-refractivity contribution < 1.29 is 23.8 Å². The number of carbonyl (C=O) groups is 1. The van der Waals surface area contributed by atoms with E-state index in [-0.39, 0.29) is 11.2 Å². The van der Waals surface area contributed by atoms with Crippen LogP contribution in [0.4, 0.5) is 15.9 Å². The van der Waals surface area contributed by atoms with Crippen molar-refractivity contribution in [3.8, 4) is 16.9 Å². The van der Waals surface area contributed by atoms with Gasteiger partial charge in [0.1, 0.15) is 17.4 Å². The van der Waals surface area contributed by atoms with E-state index in [1.807, 2.05) is 52.0 Å². The molecule has 0 bridgehead atoms. The molecule has 1 saturated heterocycles. The molecule has 1 saturated carbocycles. The molecule has 3 aromatic rings. The maximum Gasteiger partial charge on any atom is 0.337 e. The number of aliphatic carboxylic acids is 1. The third-order valence-corrected chi connectivity index (χ3v) is 10.3. The van der Waals surface area contributed by atoms with Gasteiger partial charge >= 0.3 is 5.97 Å². The molecule has 0 amide bonds. The second-order valence-corrected chi connectivity index (χ2v) is 16.1. The molecule has 1 aliphatic carbocycles. The van der Waals surface area contributed by atoms with Gasteiger partial charge in [-0.15, -0.1) is 0 Å². The minimum Gasteiger partial charge on any atom is -0.493 e. The Morgan fingerprint density at radius 1 is 1.04 bits per heavy atom. The molecule has 2 N–H and O–H groups in total. The molecular formula is C42H58FN3O4. The van der Waals surface area contributed by atoms with Crippen LogP contribution in [0.5, 0.6) is 5.75 Å². The van der Waals surface area contributed by atoms with Crippen molar-refractivity contribution in [2.75, 3.05) is 36.5 Å². The van der Waals surface area contributed by atoms with E-state index in [1.54, 1.807) is 12.1 Å². The van der Waals surface area contributed by atoms with E-state index >= 15 is 0 Å². The van der Waals surface area contributed by atoms with Gasteiger partial charge in [0, 0.05) is 42.9 Å². The fraction of sp³-hybridized carbons (Fsp3) is 0.571. The van der Waals surface area contributed by atoms with E-state index < -0.39 is 17.7 Å². The van der Waals surface area contributed by atoms with E-state index in [9.17, 15) is 14.3 Å². The largest absolute Gasteiger partial charge is 0.493 e. The monoisotopic (exact) mass is 687 g/mol. The van der Waals surface area contributed by atoms with E-state index in [4.69, 9.17) is 14.5 Å². The van der Waals surface area contributed by atoms with Gasteiger partial charge in [-0.1, -0.05) is 70.2 Å². The maximum absolute atomic E-state index is 13.3. The third-order valence-electron chi connectivity index (χ3n) is 10.3. The quantitative estimate of drug-likeness (QED) is 0.163. The summed E-state index contributed by atoms with van der Waals surface area (Å²) in [5, 5.41) is 14.4. The Hall–Kier alpha value is -3.65. The highest BCUT2D eigenvalue weighted by Crippen LogP contribution is 2.47. The summed E-state index contributed by atoms with van der Waals surface area (Å²) >= 11 is 0. The van der Waals surface area contributed by atoms with E-state index in [1.165, 1.54) is 50.7 Å². The van der Waals surface area contributed by atoms with Gasteiger partial charge < -0.3 is 24.8 Å². The molecule has 272 valence electrons. The number of carboxylic acids is 1. The van der Waals surface area contributed by atoms with Gasteiger partial charge in [0.15, 0.2) is 6.10 Å². The van der Waals surface area contributed by atoms with Crippen LogP contribution in [0.3, 0.4) is 0 Å². The van der Waals surface area contributed by atoms with Crippen LogP contribution in [0.15, 0.2) is 48.5 Å². The molecule has 7 nitrogen and oxygen atoms in total. The van der Waals surface area contributed by atoms with Crippen molar-refractivity contribution in [1.82, 2.24) is 4.98 Å². The third kappa shape index (κ3) is 10.2. The zero-order valence-electron chi connectivity index (χ0n) is 31.1. The van der Waals surface area contributed by atoms with Gasteiger partial charge in [0.2, 0.25) is 0 Å². The van der Waals surface area contributed by atoms with Crippen LogP contribution in [-0.4, -0.2) is 47.9 Å². The van der Waals surface area contributed by atoms with Crippen molar-refractivity contribution >= 4 is 17.5 Å². The number of pyridine rings is 1. The first-order chi connectivity index (χ1) is 23.8. The maximum atomic E-state index is 13.3. The lowest BCUT2D eigenvalue weighted by atomic mass is 9.82. The first-order valence-electron chi connectivity index (χ1n) is 18.7. The number of ether oxygens (including phenoxy) is 2. The summed E-state index contributed by atoms with van der Waals surface area (Å²) in [5.41, 5.74) is 4.57. The number of benzene rings is 2. The average Bonchev–Trinajstić information content (AvgIpc) is 3.07. The molecule has 1 atom stereocenters. The molecule has 50 heavy (non-hydrogen) atoms. The Bertz CT molecular complexity index is 1550. The second-order valence-electron chi connectivity index (χ2n) is 16.1. The average molecular weight is 688 g/mol. The molecule has 5 rings (SSSR count). The Morgan fingerprint density at radius 3 is 2.32 bits per heavy atom. The summed E-state index contributed by atoms with van der Waals surface area (Å²) in [5.74, 6) is 1.05. The van der Waals surface area contributed by atoms with Crippen LogP contribution in [0.25, 0.3) is 11.1 Å². The standard InChI is InChI=1S/C42H58FN3O4/c1-29-35(38(40(47)48)50-41(2,3)4)37(46-26-23-42(5,6)24-27-46)36(39(45-29)44-25-10-13-30-11-8-7-9-12-30)32-16-20-34(21-17-32)49-28-22-31-14-18-33(43)19-15-31/h14-21,30,38H,7-13,22-28H2,1-6H3,(H,44,45)(H,47,48)/t38-/m0/s1. The van der Waals surface area contributed by atoms with Gasteiger partial charge in [-0.25, -0.2) is 14.2 Å². The lowest BCUT2D eigenvalue weighted by molar-refractivity contribution is -0.160. The Labute approximate surface area is 299 Å². The predicted octanol–water partition coefficient (Wildman–Crippen LogP) is 10.2. The number of nitrogens with zero attached hydrogens (tertiary/aromatic N) is 2. The summed E-state index contributed by atoms with van der Waals surface area (Å²) in [4.78, 5) is 20.5. The van der Waals surface area contributed by atoms with Crippen LogP contribution >= 0.6 is 0 Å². The van der Waals surface area contributed by atoms with Crippen LogP contribution in [0.1, 0.15) is 115 Å². The first kappa shape index (κ1) is 37.6. The highest BCUT2D eigenvalue weighted by atomic mass is 19.1. The molecule has 0 unspecified atom stereocenters. The normalized spacial score (nSPS) is 17.4. The van der Waals surface area contributed by atoms with Crippen LogP contribution in [0, 0.1) is 24.1 Å². The lowest BCUT2D eigenvalue weighted by Crippen LogP contribution is -2.39. The van der Waals surface area contributed by atoms with Gasteiger partial charge in [-0.2, -0.15) is 0 Å². The molecule has 2 aliphatic rings.